The van der Waals surface area contributed by atoms with Crippen molar-refractivity contribution in [3.05, 3.63) is 58.1 Å². The average Bonchev–Trinajstić information content (AvgIpc) is 2.79. The highest BCUT2D eigenvalue weighted by molar-refractivity contribution is 6.05. The van der Waals surface area contributed by atoms with Gasteiger partial charge in [0, 0.05) is 49.2 Å². The third-order valence-electron chi connectivity index (χ3n) is 5.93. The molecule has 8 nitrogen and oxygen atoms in total. The summed E-state index contributed by atoms with van der Waals surface area (Å²) in [5.41, 5.74) is 2.57. The van der Waals surface area contributed by atoms with E-state index in [1.807, 2.05) is 24.3 Å². The molecule has 2 aromatic carbocycles. The fourth-order valence-corrected chi connectivity index (χ4v) is 4.27. The maximum Gasteiger partial charge on any atom is 0.293 e. The summed E-state index contributed by atoms with van der Waals surface area (Å²) < 4.78 is 5.38. The number of hydrogen-bond acceptors (Lipinski definition) is 6. The predicted octanol–water partition coefficient (Wildman–Crippen LogP) is 3.92. The zero-order chi connectivity index (χ0) is 21.8. The minimum absolute atomic E-state index is 0.0237. The molecular formula is C23H28N4O4. The number of benzene rings is 2. The number of ether oxygens (including phenoxy) is 1. The van der Waals surface area contributed by atoms with Crippen molar-refractivity contribution >= 4 is 28.7 Å². The van der Waals surface area contributed by atoms with Gasteiger partial charge in [-0.15, -0.1) is 0 Å². The molecule has 0 aliphatic carbocycles. The van der Waals surface area contributed by atoms with E-state index >= 15 is 0 Å². The predicted molar refractivity (Wildman–Crippen MR) is 121 cm³/mol. The van der Waals surface area contributed by atoms with Gasteiger partial charge in [0.15, 0.2) is 0 Å². The molecule has 2 heterocycles. The fraction of sp³-hybridized carbons (Fsp3) is 0.435. The number of morpholine rings is 1. The van der Waals surface area contributed by atoms with Gasteiger partial charge in [-0.1, -0.05) is 6.92 Å². The van der Waals surface area contributed by atoms with Gasteiger partial charge in [-0.05, 0) is 55.2 Å². The maximum atomic E-state index is 12.7. The summed E-state index contributed by atoms with van der Waals surface area (Å²) in [7, 11) is 0. The second-order valence-electron chi connectivity index (χ2n) is 8.25. The van der Waals surface area contributed by atoms with Crippen molar-refractivity contribution < 1.29 is 14.5 Å². The summed E-state index contributed by atoms with van der Waals surface area (Å²) in [6.45, 7) is 6.86. The number of anilines is 3. The normalized spacial score (nSPS) is 19.2. The van der Waals surface area contributed by atoms with Gasteiger partial charge in [-0.2, -0.15) is 0 Å². The molecule has 0 spiro atoms. The Balaban J connectivity index is 1.48. The molecule has 31 heavy (non-hydrogen) atoms. The van der Waals surface area contributed by atoms with Crippen molar-refractivity contribution in [2.24, 2.45) is 5.92 Å². The van der Waals surface area contributed by atoms with Crippen LogP contribution in [0.15, 0.2) is 42.5 Å². The van der Waals surface area contributed by atoms with Crippen molar-refractivity contribution in [1.82, 2.24) is 0 Å². The Morgan fingerprint density at radius 1 is 1.10 bits per heavy atom. The second-order valence-corrected chi connectivity index (χ2v) is 8.25. The summed E-state index contributed by atoms with van der Waals surface area (Å²) in [5.74, 6) is 0.137. The molecule has 2 aliphatic rings. The summed E-state index contributed by atoms with van der Waals surface area (Å²) in [6, 6.07) is 12.4. The fourth-order valence-electron chi connectivity index (χ4n) is 4.27. The molecule has 0 aromatic heterocycles. The van der Waals surface area contributed by atoms with Gasteiger partial charge in [0.25, 0.3) is 11.6 Å². The molecule has 1 N–H and O–H groups in total. The lowest BCUT2D eigenvalue weighted by Crippen LogP contribution is -2.36. The van der Waals surface area contributed by atoms with Gasteiger partial charge in [0.1, 0.15) is 5.69 Å². The van der Waals surface area contributed by atoms with Crippen LogP contribution in [0.4, 0.5) is 22.7 Å². The van der Waals surface area contributed by atoms with Gasteiger partial charge in [-0.25, -0.2) is 0 Å². The van der Waals surface area contributed by atoms with Gasteiger partial charge >= 0.3 is 0 Å². The van der Waals surface area contributed by atoms with E-state index in [2.05, 4.69) is 22.0 Å². The Morgan fingerprint density at radius 2 is 1.84 bits per heavy atom. The Bertz CT molecular complexity index is 941. The summed E-state index contributed by atoms with van der Waals surface area (Å²) in [5, 5.41) is 14.5. The van der Waals surface area contributed by atoms with Crippen LogP contribution in [0.1, 0.15) is 30.1 Å². The zero-order valence-corrected chi connectivity index (χ0v) is 17.8. The number of nitro groups is 1. The van der Waals surface area contributed by atoms with Gasteiger partial charge in [0.2, 0.25) is 0 Å². The van der Waals surface area contributed by atoms with Crippen LogP contribution in [0.25, 0.3) is 0 Å². The molecule has 0 radical (unpaired) electrons. The Morgan fingerprint density at radius 3 is 2.52 bits per heavy atom. The molecule has 4 rings (SSSR count). The number of carbonyl (C=O) groups is 1. The minimum atomic E-state index is -0.400. The number of amides is 1. The summed E-state index contributed by atoms with van der Waals surface area (Å²) in [6.07, 6.45) is 2.15. The lowest BCUT2D eigenvalue weighted by Gasteiger charge is -2.32. The van der Waals surface area contributed by atoms with E-state index in [9.17, 15) is 14.9 Å². The number of nitrogens with one attached hydrogen (secondary N) is 1. The molecule has 0 bridgehead atoms. The number of hydrogen-bond donors (Lipinski definition) is 1. The van der Waals surface area contributed by atoms with Crippen LogP contribution in [0, 0.1) is 16.0 Å². The Kier molecular flexibility index (Phi) is 6.36. The SMILES string of the molecule is C[C@H]1CCCN(c2ccc(C(=O)Nc3ccc(N4CCOCC4)cc3)cc2[N+](=O)[O-])C1. The molecule has 2 aliphatic heterocycles. The van der Waals surface area contributed by atoms with Gasteiger partial charge in [0.05, 0.1) is 18.1 Å². The van der Waals surface area contributed by atoms with Crippen LogP contribution in [0.3, 0.4) is 0 Å². The topological polar surface area (TPSA) is 88.0 Å². The molecular weight excluding hydrogens is 396 g/mol. The van der Waals surface area contributed by atoms with Gasteiger partial charge in [-0.3, -0.25) is 14.9 Å². The molecule has 8 heteroatoms. The number of nitro benzene ring substituents is 1. The van der Waals surface area contributed by atoms with E-state index in [0.29, 0.717) is 30.5 Å². The van der Waals surface area contributed by atoms with Crippen molar-refractivity contribution in [1.29, 1.82) is 0 Å². The first-order valence-corrected chi connectivity index (χ1v) is 10.8. The van der Waals surface area contributed by atoms with E-state index in [-0.39, 0.29) is 17.2 Å². The largest absolute Gasteiger partial charge is 0.378 e. The first kappa shape index (κ1) is 21.1. The van der Waals surface area contributed by atoms with Crippen LogP contribution in [-0.4, -0.2) is 50.2 Å². The maximum absolute atomic E-state index is 12.7. The first-order valence-electron chi connectivity index (χ1n) is 10.8. The van der Waals surface area contributed by atoms with E-state index in [1.54, 1.807) is 12.1 Å². The van der Waals surface area contributed by atoms with Crippen molar-refractivity contribution in [3.8, 4) is 0 Å². The summed E-state index contributed by atoms with van der Waals surface area (Å²) in [4.78, 5) is 28.3. The molecule has 2 fully saturated rings. The molecule has 1 atom stereocenters. The molecule has 0 saturated carbocycles. The first-order chi connectivity index (χ1) is 15.0. The number of nitrogens with zero attached hydrogens (tertiary/aromatic N) is 3. The highest BCUT2D eigenvalue weighted by atomic mass is 16.6. The standard InChI is InChI=1S/C23H28N4O4/c1-17-3-2-10-26(16-17)21-9-4-18(15-22(21)27(29)30)23(28)24-19-5-7-20(8-6-19)25-11-13-31-14-12-25/h4-9,15,17H,2-3,10-14,16H2,1H3,(H,24,28)/t17-/m0/s1. The number of carbonyl (C=O) groups excluding carboxylic acids is 1. The minimum Gasteiger partial charge on any atom is -0.378 e. The smallest absolute Gasteiger partial charge is 0.293 e. The van der Waals surface area contributed by atoms with Gasteiger partial charge < -0.3 is 19.9 Å². The third kappa shape index (κ3) is 4.96. The summed E-state index contributed by atoms with van der Waals surface area (Å²) >= 11 is 0. The lowest BCUT2D eigenvalue weighted by molar-refractivity contribution is -0.384. The van der Waals surface area contributed by atoms with Crippen molar-refractivity contribution in [2.45, 2.75) is 19.8 Å². The monoisotopic (exact) mass is 424 g/mol. The highest BCUT2D eigenvalue weighted by Crippen LogP contribution is 2.32. The number of rotatable bonds is 5. The lowest BCUT2D eigenvalue weighted by atomic mass is 9.99. The van der Waals surface area contributed by atoms with Crippen LogP contribution in [0.2, 0.25) is 0 Å². The number of piperidine rings is 1. The molecule has 1 amide bonds. The van der Waals surface area contributed by atoms with Crippen LogP contribution >= 0.6 is 0 Å². The molecule has 164 valence electrons. The van der Waals surface area contributed by atoms with Crippen LogP contribution in [0.5, 0.6) is 0 Å². The zero-order valence-electron chi connectivity index (χ0n) is 17.8. The van der Waals surface area contributed by atoms with E-state index in [4.69, 9.17) is 4.74 Å². The van der Waals surface area contributed by atoms with Crippen molar-refractivity contribution in [3.63, 3.8) is 0 Å². The Labute approximate surface area is 181 Å². The van der Waals surface area contributed by atoms with E-state index < -0.39 is 4.92 Å². The second kappa shape index (κ2) is 9.34. The highest BCUT2D eigenvalue weighted by Gasteiger charge is 2.25. The Hall–Kier alpha value is -3.13. The van der Waals surface area contributed by atoms with E-state index in [0.717, 1.165) is 44.7 Å². The van der Waals surface area contributed by atoms with Crippen molar-refractivity contribution in [2.75, 3.05) is 54.5 Å². The average molecular weight is 425 g/mol. The third-order valence-corrected chi connectivity index (χ3v) is 5.93. The molecule has 2 saturated heterocycles. The molecule has 0 unspecified atom stereocenters. The molecule has 2 aromatic rings. The van der Waals surface area contributed by atoms with E-state index in [1.165, 1.54) is 6.07 Å². The quantitative estimate of drug-likeness (QED) is 0.578. The van der Waals surface area contributed by atoms with Crippen LogP contribution in [-0.2, 0) is 4.74 Å². The van der Waals surface area contributed by atoms with Crippen LogP contribution < -0.4 is 15.1 Å².